The lowest BCUT2D eigenvalue weighted by molar-refractivity contribution is 0.0941. The van der Waals surface area contributed by atoms with Crippen LogP contribution in [-0.4, -0.2) is 32.2 Å². The molecule has 5 nitrogen and oxygen atoms in total. The van der Waals surface area contributed by atoms with Gasteiger partial charge in [0.05, 0.1) is 10.1 Å². The molecule has 114 valence electrons. The van der Waals surface area contributed by atoms with Gasteiger partial charge < -0.3 is 11.1 Å². The molecule has 1 atom stereocenters. The molecule has 0 aromatic heterocycles. The number of sulfone groups is 1. The van der Waals surface area contributed by atoms with Gasteiger partial charge in [0.25, 0.3) is 5.91 Å². The molecule has 0 saturated carbocycles. The van der Waals surface area contributed by atoms with Crippen molar-refractivity contribution >= 4 is 28.2 Å². The SMILES string of the molecule is CC(C)S(=O)(=O)c1ccc(C(=O)N[C@@H](C)CN)cc1.Cl. The normalized spacial score (nSPS) is 12.7. The van der Waals surface area contributed by atoms with Crippen LogP contribution in [0.2, 0.25) is 0 Å². The number of benzene rings is 1. The van der Waals surface area contributed by atoms with E-state index in [9.17, 15) is 13.2 Å². The highest BCUT2D eigenvalue weighted by Gasteiger charge is 2.19. The molecule has 3 N–H and O–H groups in total. The number of amides is 1. The second kappa shape index (κ2) is 7.61. The molecule has 0 heterocycles. The molecule has 1 aromatic carbocycles. The van der Waals surface area contributed by atoms with Crippen molar-refractivity contribution in [3.63, 3.8) is 0 Å². The topological polar surface area (TPSA) is 89.3 Å². The van der Waals surface area contributed by atoms with Crippen LogP contribution in [0, 0.1) is 0 Å². The second-order valence-corrected chi connectivity index (χ2v) is 7.23. The molecule has 1 rings (SSSR count). The molecule has 1 aromatic rings. The predicted molar refractivity (Wildman–Crippen MR) is 82.0 cm³/mol. The molecule has 0 aliphatic carbocycles. The highest BCUT2D eigenvalue weighted by atomic mass is 35.5. The smallest absolute Gasteiger partial charge is 0.251 e. The summed E-state index contributed by atoms with van der Waals surface area (Å²) in [4.78, 5) is 12.0. The van der Waals surface area contributed by atoms with Crippen molar-refractivity contribution in [2.45, 2.75) is 37.0 Å². The summed E-state index contributed by atoms with van der Waals surface area (Å²) in [5, 5.41) is 2.23. The maximum atomic E-state index is 11.9. The van der Waals surface area contributed by atoms with E-state index >= 15 is 0 Å². The van der Waals surface area contributed by atoms with Crippen molar-refractivity contribution in [2.75, 3.05) is 6.54 Å². The van der Waals surface area contributed by atoms with Gasteiger partial charge in [-0.1, -0.05) is 0 Å². The van der Waals surface area contributed by atoms with Gasteiger partial charge in [-0.15, -0.1) is 12.4 Å². The number of nitrogens with two attached hydrogens (primary N) is 1. The molecule has 20 heavy (non-hydrogen) atoms. The third-order valence-electron chi connectivity index (χ3n) is 2.80. The summed E-state index contributed by atoms with van der Waals surface area (Å²) in [5.74, 6) is -0.258. The van der Waals surface area contributed by atoms with Crippen molar-refractivity contribution in [1.82, 2.24) is 5.32 Å². The first-order valence-electron chi connectivity index (χ1n) is 6.14. The minimum Gasteiger partial charge on any atom is -0.348 e. The zero-order valence-electron chi connectivity index (χ0n) is 11.8. The van der Waals surface area contributed by atoms with Crippen LogP contribution < -0.4 is 11.1 Å². The van der Waals surface area contributed by atoms with E-state index in [1.165, 1.54) is 24.3 Å². The van der Waals surface area contributed by atoms with Crippen molar-refractivity contribution in [2.24, 2.45) is 5.73 Å². The summed E-state index contributed by atoms with van der Waals surface area (Å²) < 4.78 is 23.8. The molecule has 1 amide bonds. The van der Waals surface area contributed by atoms with E-state index in [1.807, 2.05) is 0 Å². The predicted octanol–water partition coefficient (Wildman–Crippen LogP) is 1.37. The average Bonchev–Trinajstić information content (AvgIpc) is 2.38. The fourth-order valence-electron chi connectivity index (χ4n) is 1.43. The Hall–Kier alpha value is -1.11. The van der Waals surface area contributed by atoms with Crippen LogP contribution >= 0.6 is 12.4 Å². The van der Waals surface area contributed by atoms with Crippen molar-refractivity contribution in [3.8, 4) is 0 Å². The van der Waals surface area contributed by atoms with Gasteiger partial charge in [-0.25, -0.2) is 8.42 Å². The monoisotopic (exact) mass is 320 g/mol. The van der Waals surface area contributed by atoms with Gasteiger partial charge in [0, 0.05) is 18.2 Å². The molecule has 0 radical (unpaired) electrons. The van der Waals surface area contributed by atoms with Crippen molar-refractivity contribution < 1.29 is 13.2 Å². The molecule has 0 unspecified atom stereocenters. The van der Waals surface area contributed by atoms with Gasteiger partial charge >= 0.3 is 0 Å². The van der Waals surface area contributed by atoms with Crippen LogP contribution in [0.5, 0.6) is 0 Å². The Balaban J connectivity index is 0.00000361. The Morgan fingerprint density at radius 1 is 1.20 bits per heavy atom. The van der Waals surface area contributed by atoms with E-state index in [0.29, 0.717) is 12.1 Å². The molecule has 0 spiro atoms. The quantitative estimate of drug-likeness (QED) is 0.857. The Morgan fingerprint density at radius 3 is 2.10 bits per heavy atom. The molecule has 7 heteroatoms. The third kappa shape index (κ3) is 4.47. The largest absolute Gasteiger partial charge is 0.348 e. The minimum absolute atomic E-state index is 0. The van der Waals surface area contributed by atoms with Crippen LogP contribution in [0.4, 0.5) is 0 Å². The van der Waals surface area contributed by atoms with Crippen molar-refractivity contribution in [3.05, 3.63) is 29.8 Å². The van der Waals surface area contributed by atoms with Crippen LogP contribution in [0.15, 0.2) is 29.2 Å². The molecule has 0 bridgehead atoms. The van der Waals surface area contributed by atoms with E-state index in [-0.39, 0.29) is 29.3 Å². The van der Waals surface area contributed by atoms with Crippen molar-refractivity contribution in [1.29, 1.82) is 0 Å². The lowest BCUT2D eigenvalue weighted by atomic mass is 10.2. The lowest BCUT2D eigenvalue weighted by Gasteiger charge is -2.12. The summed E-state index contributed by atoms with van der Waals surface area (Å²) in [6.45, 7) is 5.40. The van der Waals surface area contributed by atoms with E-state index < -0.39 is 15.1 Å². The highest BCUT2D eigenvalue weighted by molar-refractivity contribution is 7.92. The van der Waals surface area contributed by atoms with Gasteiger partial charge in [0.2, 0.25) is 0 Å². The van der Waals surface area contributed by atoms with Gasteiger partial charge in [-0.3, -0.25) is 4.79 Å². The number of halogens is 1. The van der Waals surface area contributed by atoms with E-state index in [2.05, 4.69) is 5.32 Å². The van der Waals surface area contributed by atoms with Gasteiger partial charge in [-0.2, -0.15) is 0 Å². The third-order valence-corrected chi connectivity index (χ3v) is 4.97. The molecule has 0 fully saturated rings. The Kier molecular flexibility index (Phi) is 7.19. The lowest BCUT2D eigenvalue weighted by Crippen LogP contribution is -2.37. The fourth-order valence-corrected chi connectivity index (χ4v) is 2.49. The summed E-state index contributed by atoms with van der Waals surface area (Å²) in [6.07, 6.45) is 0. The number of nitrogens with one attached hydrogen (secondary N) is 1. The zero-order chi connectivity index (χ0) is 14.6. The Morgan fingerprint density at radius 2 is 1.70 bits per heavy atom. The van der Waals surface area contributed by atoms with Crippen LogP contribution in [-0.2, 0) is 9.84 Å². The molecular weight excluding hydrogens is 300 g/mol. The average molecular weight is 321 g/mol. The molecular formula is C13H21ClN2O3S. The van der Waals surface area contributed by atoms with E-state index in [0.717, 1.165) is 0 Å². The van der Waals surface area contributed by atoms with Gasteiger partial charge in [0.1, 0.15) is 0 Å². The van der Waals surface area contributed by atoms with Crippen LogP contribution in [0.1, 0.15) is 31.1 Å². The Bertz CT molecular complexity index is 541. The molecule has 0 aliphatic heterocycles. The standard InChI is InChI=1S/C13H20N2O3S.ClH/c1-9(2)19(17,18)12-6-4-11(5-7-12)13(16)15-10(3)8-14;/h4-7,9-10H,8,14H2,1-3H3,(H,15,16);1H/t10-;/m0./s1. The van der Waals surface area contributed by atoms with Crippen LogP contribution in [0.25, 0.3) is 0 Å². The number of hydrogen-bond donors (Lipinski definition) is 2. The first kappa shape index (κ1) is 18.9. The maximum Gasteiger partial charge on any atom is 0.251 e. The van der Waals surface area contributed by atoms with Gasteiger partial charge in [0.15, 0.2) is 9.84 Å². The zero-order valence-corrected chi connectivity index (χ0v) is 13.4. The Labute approximate surface area is 126 Å². The molecule has 0 saturated heterocycles. The first-order chi connectivity index (χ1) is 8.78. The number of carbonyl (C=O) groups excluding carboxylic acids is 1. The summed E-state index contributed by atoms with van der Waals surface area (Å²) >= 11 is 0. The first-order valence-corrected chi connectivity index (χ1v) is 7.68. The summed E-state index contributed by atoms with van der Waals surface area (Å²) in [6, 6.07) is 5.81. The van der Waals surface area contributed by atoms with Crippen LogP contribution in [0.3, 0.4) is 0 Å². The second-order valence-electron chi connectivity index (χ2n) is 4.73. The minimum atomic E-state index is -3.30. The number of carbonyl (C=O) groups is 1. The number of rotatable bonds is 5. The van der Waals surface area contributed by atoms with E-state index in [4.69, 9.17) is 5.73 Å². The molecule has 0 aliphatic rings. The summed E-state index contributed by atoms with van der Waals surface area (Å²) in [7, 11) is -3.30. The number of hydrogen-bond acceptors (Lipinski definition) is 4. The maximum absolute atomic E-state index is 11.9. The fraction of sp³-hybridized carbons (Fsp3) is 0.462. The summed E-state index contributed by atoms with van der Waals surface area (Å²) in [5.41, 5.74) is 5.84. The van der Waals surface area contributed by atoms with E-state index in [1.54, 1.807) is 20.8 Å². The van der Waals surface area contributed by atoms with Gasteiger partial charge in [-0.05, 0) is 45.0 Å². The highest BCUT2D eigenvalue weighted by Crippen LogP contribution is 2.16.